The van der Waals surface area contributed by atoms with E-state index in [2.05, 4.69) is 5.32 Å². The van der Waals surface area contributed by atoms with E-state index in [0.717, 1.165) is 0 Å². The van der Waals surface area contributed by atoms with Crippen LogP contribution in [0.1, 0.15) is 40.7 Å². The van der Waals surface area contributed by atoms with Crippen LogP contribution in [0.25, 0.3) is 0 Å². The van der Waals surface area contributed by atoms with Crippen LogP contribution < -0.4 is 5.32 Å². The molecule has 1 aliphatic heterocycles. The Hall–Kier alpha value is -2.64. The number of esters is 1. The maximum atomic E-state index is 14.0. The van der Waals surface area contributed by atoms with Crippen LogP contribution in [-0.2, 0) is 22.5 Å². The Morgan fingerprint density at radius 1 is 1.28 bits per heavy atom. The van der Waals surface area contributed by atoms with Gasteiger partial charge in [0.1, 0.15) is 5.82 Å². The molecule has 25 heavy (non-hydrogen) atoms. The van der Waals surface area contributed by atoms with Gasteiger partial charge >= 0.3 is 18.0 Å². The second-order valence-corrected chi connectivity index (χ2v) is 5.80. The SMILES string of the molecule is COC(=O)c1ccc(F)c2c1CN(C(=O)NCCCCC(=O)O)CC2. The first-order chi connectivity index (χ1) is 11.9. The largest absolute Gasteiger partial charge is 0.481 e. The van der Waals surface area contributed by atoms with Gasteiger partial charge in [0, 0.05) is 26.1 Å². The van der Waals surface area contributed by atoms with Gasteiger partial charge in [-0.25, -0.2) is 14.0 Å². The minimum atomic E-state index is -0.865. The maximum Gasteiger partial charge on any atom is 0.338 e. The average Bonchev–Trinajstić information content (AvgIpc) is 2.60. The number of unbranched alkanes of at least 4 members (excludes halogenated alkanes) is 1. The number of nitrogens with one attached hydrogen (secondary N) is 1. The van der Waals surface area contributed by atoms with Crippen molar-refractivity contribution in [3.8, 4) is 0 Å². The van der Waals surface area contributed by atoms with Crippen molar-refractivity contribution in [1.29, 1.82) is 0 Å². The summed E-state index contributed by atoms with van der Waals surface area (Å²) in [5.74, 6) is -1.82. The number of halogens is 1. The van der Waals surface area contributed by atoms with Gasteiger partial charge < -0.3 is 20.1 Å². The fourth-order valence-electron chi connectivity index (χ4n) is 2.81. The molecule has 0 unspecified atom stereocenters. The number of hydrogen-bond donors (Lipinski definition) is 2. The fraction of sp³-hybridized carbons (Fsp3) is 0.471. The molecule has 0 atom stereocenters. The van der Waals surface area contributed by atoms with E-state index in [9.17, 15) is 18.8 Å². The number of benzene rings is 1. The third kappa shape index (κ3) is 4.68. The molecule has 2 N–H and O–H groups in total. The highest BCUT2D eigenvalue weighted by Crippen LogP contribution is 2.26. The molecule has 1 heterocycles. The van der Waals surface area contributed by atoms with Crippen molar-refractivity contribution in [3.05, 3.63) is 34.6 Å². The van der Waals surface area contributed by atoms with Crippen LogP contribution in [0, 0.1) is 5.82 Å². The predicted molar refractivity (Wildman–Crippen MR) is 86.7 cm³/mol. The molecule has 0 saturated heterocycles. The lowest BCUT2D eigenvalue weighted by molar-refractivity contribution is -0.137. The Morgan fingerprint density at radius 3 is 2.72 bits per heavy atom. The highest BCUT2D eigenvalue weighted by Gasteiger charge is 2.27. The van der Waals surface area contributed by atoms with Crippen molar-refractivity contribution in [2.45, 2.75) is 32.2 Å². The number of carbonyl (C=O) groups excluding carboxylic acids is 2. The van der Waals surface area contributed by atoms with Crippen molar-refractivity contribution >= 4 is 18.0 Å². The summed E-state index contributed by atoms with van der Waals surface area (Å²) in [4.78, 5) is 36.0. The Kier molecular flexibility index (Phi) is 6.32. The summed E-state index contributed by atoms with van der Waals surface area (Å²) < 4.78 is 18.7. The number of nitrogens with zero attached hydrogens (tertiary/aromatic N) is 1. The van der Waals surface area contributed by atoms with Gasteiger partial charge in [0.15, 0.2) is 0 Å². The number of carbonyl (C=O) groups is 3. The molecule has 136 valence electrons. The lowest BCUT2D eigenvalue weighted by atomic mass is 9.94. The monoisotopic (exact) mass is 352 g/mol. The molecule has 0 spiro atoms. The van der Waals surface area contributed by atoms with Crippen molar-refractivity contribution in [1.82, 2.24) is 10.2 Å². The van der Waals surface area contributed by atoms with E-state index in [0.29, 0.717) is 43.5 Å². The van der Waals surface area contributed by atoms with Crippen LogP contribution >= 0.6 is 0 Å². The second kappa shape index (κ2) is 8.46. The predicted octanol–water partition coefficient (Wildman–Crippen LogP) is 1.93. The van der Waals surface area contributed by atoms with Crippen molar-refractivity contribution < 1.29 is 28.6 Å². The molecule has 0 bridgehead atoms. The minimum Gasteiger partial charge on any atom is -0.481 e. The minimum absolute atomic E-state index is 0.0642. The summed E-state index contributed by atoms with van der Waals surface area (Å²) in [7, 11) is 1.25. The van der Waals surface area contributed by atoms with Crippen molar-refractivity contribution in [2.75, 3.05) is 20.2 Å². The van der Waals surface area contributed by atoms with E-state index in [1.54, 1.807) is 0 Å². The van der Waals surface area contributed by atoms with Crippen LogP contribution in [0.2, 0.25) is 0 Å². The van der Waals surface area contributed by atoms with Crippen LogP contribution in [0.3, 0.4) is 0 Å². The van der Waals surface area contributed by atoms with Gasteiger partial charge in [0.2, 0.25) is 0 Å². The Balaban J connectivity index is 1.99. The Labute approximate surface area is 144 Å². The van der Waals surface area contributed by atoms with Crippen LogP contribution in [-0.4, -0.2) is 48.2 Å². The number of hydrogen-bond acceptors (Lipinski definition) is 4. The number of fused-ring (bicyclic) bond motifs is 1. The number of ether oxygens (including phenoxy) is 1. The topological polar surface area (TPSA) is 95.9 Å². The molecule has 2 amide bonds. The standard InChI is InChI=1S/C17H21FN2O5/c1-25-16(23)12-5-6-14(18)11-7-9-20(10-13(11)12)17(24)19-8-3-2-4-15(21)22/h5-6H,2-4,7-10H2,1H3,(H,19,24)(H,21,22). The first kappa shape index (κ1) is 18.7. The molecule has 1 aromatic carbocycles. The summed E-state index contributed by atoms with van der Waals surface area (Å²) in [6.07, 6.45) is 1.42. The molecule has 8 heteroatoms. The van der Waals surface area contributed by atoms with Gasteiger partial charge in [-0.05, 0) is 42.5 Å². The highest BCUT2D eigenvalue weighted by atomic mass is 19.1. The van der Waals surface area contributed by atoms with Gasteiger partial charge in [0.25, 0.3) is 0 Å². The van der Waals surface area contributed by atoms with E-state index < -0.39 is 17.8 Å². The van der Waals surface area contributed by atoms with E-state index in [4.69, 9.17) is 9.84 Å². The molecule has 1 aliphatic rings. The number of amides is 2. The van der Waals surface area contributed by atoms with Crippen LogP contribution in [0.4, 0.5) is 9.18 Å². The normalized spacial score (nSPS) is 13.1. The van der Waals surface area contributed by atoms with Crippen molar-refractivity contribution in [3.63, 3.8) is 0 Å². The molecule has 2 rings (SSSR count). The number of aliphatic carboxylic acids is 1. The van der Waals surface area contributed by atoms with Gasteiger partial charge in [-0.2, -0.15) is 0 Å². The molecule has 1 aromatic rings. The third-order valence-corrected chi connectivity index (χ3v) is 4.14. The zero-order chi connectivity index (χ0) is 18.4. The lowest BCUT2D eigenvalue weighted by Crippen LogP contribution is -2.43. The summed E-state index contributed by atoms with van der Waals surface area (Å²) in [6.45, 7) is 0.830. The van der Waals surface area contributed by atoms with E-state index in [-0.39, 0.29) is 24.6 Å². The Morgan fingerprint density at radius 2 is 2.04 bits per heavy atom. The summed E-state index contributed by atoms with van der Waals surface area (Å²) >= 11 is 0. The van der Waals surface area contributed by atoms with E-state index in [1.807, 2.05) is 0 Å². The molecule has 0 radical (unpaired) electrons. The third-order valence-electron chi connectivity index (χ3n) is 4.14. The molecule has 0 aliphatic carbocycles. The summed E-state index contributed by atoms with van der Waals surface area (Å²) in [6, 6.07) is 2.29. The fourth-order valence-corrected chi connectivity index (χ4v) is 2.81. The van der Waals surface area contributed by atoms with Crippen molar-refractivity contribution in [2.24, 2.45) is 0 Å². The number of carboxylic acids is 1. The molecular formula is C17H21FN2O5. The van der Waals surface area contributed by atoms with Gasteiger partial charge in [-0.1, -0.05) is 0 Å². The number of urea groups is 1. The van der Waals surface area contributed by atoms with Gasteiger partial charge in [-0.15, -0.1) is 0 Å². The first-order valence-electron chi connectivity index (χ1n) is 8.07. The van der Waals surface area contributed by atoms with Crippen LogP contribution in [0.5, 0.6) is 0 Å². The molecular weight excluding hydrogens is 331 g/mol. The summed E-state index contributed by atoms with van der Waals surface area (Å²) in [5.41, 5.74) is 1.17. The van der Waals surface area contributed by atoms with Gasteiger partial charge in [-0.3, -0.25) is 4.79 Å². The average molecular weight is 352 g/mol. The highest BCUT2D eigenvalue weighted by molar-refractivity contribution is 5.91. The smallest absolute Gasteiger partial charge is 0.338 e. The van der Waals surface area contributed by atoms with Crippen LogP contribution in [0.15, 0.2) is 12.1 Å². The van der Waals surface area contributed by atoms with Gasteiger partial charge in [0.05, 0.1) is 12.7 Å². The number of methoxy groups -OCH3 is 1. The summed E-state index contributed by atoms with van der Waals surface area (Å²) in [5, 5.41) is 11.3. The molecule has 0 saturated carbocycles. The zero-order valence-corrected chi connectivity index (χ0v) is 14.0. The molecule has 0 fully saturated rings. The number of rotatable bonds is 6. The quantitative estimate of drug-likeness (QED) is 0.602. The Bertz CT molecular complexity index is 677. The second-order valence-electron chi connectivity index (χ2n) is 5.80. The van der Waals surface area contributed by atoms with E-state index in [1.165, 1.54) is 24.1 Å². The molecule has 0 aromatic heterocycles. The number of carboxylic acid groups (broad SMARTS) is 1. The zero-order valence-electron chi connectivity index (χ0n) is 14.0. The lowest BCUT2D eigenvalue weighted by Gasteiger charge is -2.30. The van der Waals surface area contributed by atoms with E-state index >= 15 is 0 Å². The maximum absolute atomic E-state index is 14.0. The molecule has 7 nitrogen and oxygen atoms in total. The first-order valence-corrected chi connectivity index (χ1v) is 8.07.